The highest BCUT2D eigenvalue weighted by Crippen LogP contribution is 2.42. The van der Waals surface area contributed by atoms with Gasteiger partial charge in [0.1, 0.15) is 22.3 Å². The molecule has 0 amide bonds. The van der Waals surface area contributed by atoms with Crippen molar-refractivity contribution in [3.63, 3.8) is 0 Å². The fourth-order valence-corrected chi connectivity index (χ4v) is 9.82. The van der Waals surface area contributed by atoms with Gasteiger partial charge in [-0.05, 0) is 85.8 Å². The summed E-state index contributed by atoms with van der Waals surface area (Å²) < 4.78 is 13.4. The molecule has 0 saturated carbocycles. The van der Waals surface area contributed by atoms with Crippen LogP contribution in [0.15, 0.2) is 197 Å². The van der Waals surface area contributed by atoms with Gasteiger partial charge in [-0.2, -0.15) is 0 Å². The predicted molar refractivity (Wildman–Crippen MR) is 252 cm³/mol. The minimum atomic E-state index is 0.583. The third-order valence-corrected chi connectivity index (χ3v) is 12.7. The first-order valence-corrected chi connectivity index (χ1v) is 21.1. The standard InChI is InChI=1S/C57H35N3O2/c1-2-15-36-33-37(30-29-34(36)13-1)55-58-56(60-57(59-55)49-26-11-24-46-43-20-7-8-27-50(43)61-54(46)49)47-32-31-42(40-18-5-6-19-41(40)47)44-22-12-28-51-52(44)48-25-10-23-45(53(48)62-51)39-21-9-16-35-14-3-4-17-38(35)39/h1-30,33H,31-32H2. The van der Waals surface area contributed by atoms with Gasteiger partial charge in [0.05, 0.1) is 5.56 Å². The van der Waals surface area contributed by atoms with E-state index in [9.17, 15) is 0 Å². The zero-order valence-electron chi connectivity index (χ0n) is 33.5. The number of hydrogen-bond donors (Lipinski definition) is 0. The van der Waals surface area contributed by atoms with Gasteiger partial charge in [0.2, 0.25) is 0 Å². The van der Waals surface area contributed by atoms with E-state index >= 15 is 0 Å². The summed E-state index contributed by atoms with van der Waals surface area (Å²) in [5.74, 6) is 1.88. The SMILES string of the molecule is c1ccc2c(c1)=C(c1nc(-c3ccc4ccccc4c3)nc(-c3cccc4c3oc3ccccc34)n1)CCC=2c1cccc2oc3c(-c4cccc5ccccc45)cccc3c12. The number of aromatic nitrogens is 3. The Labute approximate surface area is 355 Å². The normalized spacial score (nSPS) is 13.0. The molecule has 0 bridgehead atoms. The van der Waals surface area contributed by atoms with Gasteiger partial charge in [0.25, 0.3) is 0 Å². The number of nitrogens with zero attached hydrogens (tertiary/aromatic N) is 3. The minimum Gasteiger partial charge on any atom is -0.455 e. The Balaban J connectivity index is 1.04. The molecular formula is C57H35N3O2. The molecule has 0 atom stereocenters. The van der Waals surface area contributed by atoms with Gasteiger partial charge in [-0.15, -0.1) is 0 Å². The van der Waals surface area contributed by atoms with Crippen LogP contribution in [0.2, 0.25) is 0 Å². The van der Waals surface area contributed by atoms with Crippen LogP contribution in [0.4, 0.5) is 0 Å². The van der Waals surface area contributed by atoms with E-state index in [1.165, 1.54) is 38.1 Å². The first-order chi connectivity index (χ1) is 30.7. The molecule has 1 aliphatic carbocycles. The molecule has 0 saturated heterocycles. The van der Waals surface area contributed by atoms with Crippen LogP contribution in [0.5, 0.6) is 0 Å². The van der Waals surface area contributed by atoms with Crippen molar-refractivity contribution >= 4 is 76.6 Å². The van der Waals surface area contributed by atoms with E-state index in [1.807, 2.05) is 18.2 Å². The predicted octanol–water partition coefficient (Wildman–Crippen LogP) is 13.2. The Morgan fingerprint density at radius 1 is 0.339 bits per heavy atom. The number of fused-ring (bicyclic) bond motifs is 9. The molecule has 5 nitrogen and oxygen atoms in total. The largest absolute Gasteiger partial charge is 0.455 e. The Kier molecular flexibility index (Phi) is 7.66. The summed E-state index contributed by atoms with van der Waals surface area (Å²) in [7, 11) is 0. The zero-order chi connectivity index (χ0) is 40.7. The smallest absolute Gasteiger partial charge is 0.167 e. The van der Waals surface area contributed by atoms with Crippen molar-refractivity contribution in [2.24, 2.45) is 0 Å². The van der Waals surface area contributed by atoms with Gasteiger partial charge in [-0.25, -0.2) is 15.0 Å². The van der Waals surface area contributed by atoms with Crippen molar-refractivity contribution < 1.29 is 8.83 Å². The maximum Gasteiger partial charge on any atom is 0.167 e. The topological polar surface area (TPSA) is 65.0 Å². The van der Waals surface area contributed by atoms with Crippen LogP contribution in [0.3, 0.4) is 0 Å². The highest BCUT2D eigenvalue weighted by molar-refractivity contribution is 6.15. The summed E-state index contributed by atoms with van der Waals surface area (Å²) in [5, 5.41) is 11.4. The van der Waals surface area contributed by atoms with E-state index in [1.54, 1.807) is 0 Å². The van der Waals surface area contributed by atoms with E-state index in [2.05, 4.69) is 170 Å². The number of benzene rings is 9. The molecule has 5 heteroatoms. The van der Waals surface area contributed by atoms with E-state index < -0.39 is 0 Å². The number of para-hydroxylation sites is 3. The third-order valence-electron chi connectivity index (χ3n) is 12.7. The van der Waals surface area contributed by atoms with Gasteiger partial charge >= 0.3 is 0 Å². The Hall–Kier alpha value is -8.15. The first kappa shape index (κ1) is 34.7. The lowest BCUT2D eigenvalue weighted by Crippen LogP contribution is -2.33. The summed E-state index contributed by atoms with van der Waals surface area (Å²) in [6, 6.07) is 66.0. The zero-order valence-corrected chi connectivity index (χ0v) is 33.5. The average Bonchev–Trinajstić information content (AvgIpc) is 3.92. The van der Waals surface area contributed by atoms with E-state index in [0.717, 1.165) is 89.6 Å². The van der Waals surface area contributed by atoms with Crippen LogP contribution in [0.25, 0.3) is 110 Å². The van der Waals surface area contributed by atoms with E-state index in [4.69, 9.17) is 23.8 Å². The molecule has 0 N–H and O–H groups in total. The van der Waals surface area contributed by atoms with Crippen molar-refractivity contribution in [2.75, 3.05) is 0 Å². The quantitative estimate of drug-likeness (QED) is 0.174. The van der Waals surface area contributed by atoms with E-state index in [-0.39, 0.29) is 0 Å². The van der Waals surface area contributed by atoms with Gasteiger partial charge in [-0.1, -0.05) is 164 Å². The summed E-state index contributed by atoms with van der Waals surface area (Å²) in [5.41, 5.74) is 11.0. The molecule has 3 heterocycles. The second-order valence-corrected chi connectivity index (χ2v) is 16.1. The van der Waals surface area contributed by atoms with Crippen LogP contribution in [0.1, 0.15) is 24.2 Å². The molecule has 3 aromatic heterocycles. The fraction of sp³-hybridized carbons (Fsp3) is 0.0351. The summed E-state index contributed by atoms with van der Waals surface area (Å²) in [6.07, 6.45) is 1.54. The lowest BCUT2D eigenvalue weighted by molar-refractivity contribution is 0.669. The molecule has 0 spiro atoms. The Morgan fingerprint density at radius 3 is 1.81 bits per heavy atom. The molecule has 1 aliphatic rings. The van der Waals surface area contributed by atoms with Crippen molar-refractivity contribution in [2.45, 2.75) is 12.8 Å². The maximum absolute atomic E-state index is 6.83. The van der Waals surface area contributed by atoms with Crippen LogP contribution in [0, 0.1) is 0 Å². The van der Waals surface area contributed by atoms with Crippen LogP contribution in [-0.4, -0.2) is 15.0 Å². The highest BCUT2D eigenvalue weighted by Gasteiger charge is 2.24. The highest BCUT2D eigenvalue weighted by atomic mass is 16.3. The van der Waals surface area contributed by atoms with Crippen LogP contribution >= 0.6 is 0 Å². The van der Waals surface area contributed by atoms with E-state index in [0.29, 0.717) is 17.5 Å². The average molecular weight is 794 g/mol. The summed E-state index contributed by atoms with van der Waals surface area (Å²) in [6.45, 7) is 0. The van der Waals surface area contributed by atoms with Crippen molar-refractivity contribution in [3.8, 4) is 33.9 Å². The molecule has 0 aliphatic heterocycles. The lowest BCUT2D eigenvalue weighted by Gasteiger charge is -2.18. The molecule has 0 unspecified atom stereocenters. The molecule has 13 rings (SSSR count). The van der Waals surface area contributed by atoms with Gasteiger partial charge < -0.3 is 8.83 Å². The number of rotatable bonds is 5. The van der Waals surface area contributed by atoms with Gasteiger partial charge in [-0.3, -0.25) is 0 Å². The Morgan fingerprint density at radius 2 is 0.903 bits per heavy atom. The first-order valence-electron chi connectivity index (χ1n) is 21.1. The molecule has 12 aromatic rings. The lowest BCUT2D eigenvalue weighted by atomic mass is 9.87. The second-order valence-electron chi connectivity index (χ2n) is 16.1. The number of hydrogen-bond acceptors (Lipinski definition) is 5. The van der Waals surface area contributed by atoms with Crippen molar-refractivity contribution in [1.82, 2.24) is 15.0 Å². The second kappa shape index (κ2) is 13.7. The Bertz CT molecular complexity index is 3940. The van der Waals surface area contributed by atoms with Gasteiger partial charge in [0, 0.05) is 38.2 Å². The molecule has 9 aromatic carbocycles. The van der Waals surface area contributed by atoms with Crippen molar-refractivity contribution in [3.05, 3.63) is 210 Å². The number of furan rings is 2. The van der Waals surface area contributed by atoms with Crippen LogP contribution < -0.4 is 10.4 Å². The molecule has 0 radical (unpaired) electrons. The summed E-state index contributed by atoms with van der Waals surface area (Å²) in [4.78, 5) is 15.8. The van der Waals surface area contributed by atoms with Crippen LogP contribution in [-0.2, 0) is 0 Å². The monoisotopic (exact) mass is 793 g/mol. The van der Waals surface area contributed by atoms with Gasteiger partial charge in [0.15, 0.2) is 17.5 Å². The minimum absolute atomic E-state index is 0.583. The molecule has 62 heavy (non-hydrogen) atoms. The molecular weight excluding hydrogens is 759 g/mol. The molecule has 290 valence electrons. The maximum atomic E-state index is 6.83. The third kappa shape index (κ3) is 5.38. The summed E-state index contributed by atoms with van der Waals surface area (Å²) >= 11 is 0. The van der Waals surface area contributed by atoms with Crippen molar-refractivity contribution in [1.29, 1.82) is 0 Å². The molecule has 0 fully saturated rings. The fourth-order valence-electron chi connectivity index (χ4n) is 9.82.